The Morgan fingerprint density at radius 2 is 1.85 bits per heavy atom. The monoisotopic (exact) mass is 351 g/mol. The largest absolute Gasteiger partial charge is 0.328 e. The van der Waals surface area contributed by atoms with Gasteiger partial charge in [0.25, 0.3) is 11.7 Å². The molecule has 0 aliphatic heterocycles. The third-order valence-corrected chi connectivity index (χ3v) is 3.47. The van der Waals surface area contributed by atoms with Gasteiger partial charge in [0.1, 0.15) is 18.5 Å². The van der Waals surface area contributed by atoms with Crippen LogP contribution in [0, 0.1) is 0 Å². The second-order valence-corrected chi connectivity index (χ2v) is 5.20. The van der Waals surface area contributed by atoms with Gasteiger partial charge in [-0.1, -0.05) is 0 Å². The lowest BCUT2D eigenvalue weighted by atomic mass is 10.3. The number of hydrogen-bond donors (Lipinski definition) is 2. The fourth-order valence-electron chi connectivity index (χ4n) is 2.35. The first-order valence-corrected chi connectivity index (χ1v) is 7.62. The Hall–Kier alpha value is -3.96. The van der Waals surface area contributed by atoms with Gasteiger partial charge in [0, 0.05) is 18.6 Å². The van der Waals surface area contributed by atoms with Crippen molar-refractivity contribution in [1.82, 2.24) is 49.6 Å². The summed E-state index contributed by atoms with van der Waals surface area (Å²) < 4.78 is 2.89. The molecule has 0 fully saturated rings. The van der Waals surface area contributed by atoms with E-state index in [-0.39, 0.29) is 0 Å². The van der Waals surface area contributed by atoms with E-state index >= 15 is 0 Å². The number of anilines is 1. The quantitative estimate of drug-likeness (QED) is 0.537. The summed E-state index contributed by atoms with van der Waals surface area (Å²) in [6, 6.07) is 2.43. The molecule has 0 aliphatic rings. The van der Waals surface area contributed by atoms with Gasteiger partial charge in [0.2, 0.25) is 0 Å². The van der Waals surface area contributed by atoms with E-state index in [4.69, 9.17) is 0 Å². The second kappa shape index (κ2) is 6.51. The standard InChI is InChI=1S/C14H13N11O/c1-9(11-18-7-21-25(11)12-15-4-2-5-16-12)22-14(26)23-10-3-6-17-13-19-8-20-24(10)13/h2-9H,1H3,(H2,22,23,26)/t9-/m0/s1. The summed E-state index contributed by atoms with van der Waals surface area (Å²) in [4.78, 5) is 32.8. The average Bonchev–Trinajstić information content (AvgIpc) is 3.32. The van der Waals surface area contributed by atoms with Crippen LogP contribution >= 0.6 is 0 Å². The zero-order chi connectivity index (χ0) is 17.9. The minimum Gasteiger partial charge on any atom is -0.328 e. The average molecular weight is 351 g/mol. The summed E-state index contributed by atoms with van der Waals surface area (Å²) in [6.45, 7) is 1.78. The highest BCUT2D eigenvalue weighted by molar-refractivity contribution is 5.88. The zero-order valence-electron chi connectivity index (χ0n) is 13.6. The second-order valence-electron chi connectivity index (χ2n) is 5.20. The van der Waals surface area contributed by atoms with Crippen LogP contribution in [0.3, 0.4) is 0 Å². The molecule has 26 heavy (non-hydrogen) atoms. The van der Waals surface area contributed by atoms with Crippen molar-refractivity contribution in [3.05, 3.63) is 49.2 Å². The molecule has 130 valence electrons. The number of urea groups is 1. The Bertz CT molecular complexity index is 1040. The number of nitrogens with one attached hydrogen (secondary N) is 2. The van der Waals surface area contributed by atoms with E-state index in [1.807, 2.05) is 0 Å². The highest BCUT2D eigenvalue weighted by Gasteiger charge is 2.18. The maximum atomic E-state index is 12.3. The highest BCUT2D eigenvalue weighted by Crippen LogP contribution is 2.12. The summed E-state index contributed by atoms with van der Waals surface area (Å²) in [6.07, 6.45) is 7.48. The van der Waals surface area contributed by atoms with Crippen LogP contribution in [-0.2, 0) is 0 Å². The molecule has 12 nitrogen and oxygen atoms in total. The van der Waals surface area contributed by atoms with E-state index in [1.54, 1.807) is 31.5 Å². The van der Waals surface area contributed by atoms with Crippen LogP contribution in [0.2, 0.25) is 0 Å². The van der Waals surface area contributed by atoms with Gasteiger partial charge in [-0.05, 0) is 19.1 Å². The molecule has 0 spiro atoms. The lowest BCUT2D eigenvalue weighted by Gasteiger charge is -2.14. The van der Waals surface area contributed by atoms with Crippen molar-refractivity contribution in [2.75, 3.05) is 5.32 Å². The molecule has 0 radical (unpaired) electrons. The minimum absolute atomic E-state index is 0.368. The van der Waals surface area contributed by atoms with Gasteiger partial charge in [0.15, 0.2) is 5.82 Å². The molecule has 12 heteroatoms. The Labute approximate surface area is 146 Å². The Kier molecular flexibility index (Phi) is 3.89. The normalized spacial score (nSPS) is 12.0. The summed E-state index contributed by atoms with van der Waals surface area (Å²) in [5.74, 6) is 1.68. The zero-order valence-corrected chi connectivity index (χ0v) is 13.6. The first-order chi connectivity index (χ1) is 12.7. The van der Waals surface area contributed by atoms with Gasteiger partial charge >= 0.3 is 6.03 Å². The number of fused-ring (bicyclic) bond motifs is 1. The van der Waals surface area contributed by atoms with Crippen LogP contribution in [0.15, 0.2) is 43.4 Å². The van der Waals surface area contributed by atoms with E-state index in [0.29, 0.717) is 23.4 Å². The topological polar surface area (TPSA) is 141 Å². The van der Waals surface area contributed by atoms with Crippen LogP contribution in [0.4, 0.5) is 10.6 Å². The molecule has 1 atom stereocenters. The maximum Gasteiger partial charge on any atom is 0.320 e. The van der Waals surface area contributed by atoms with Crippen molar-refractivity contribution in [3.63, 3.8) is 0 Å². The molecular formula is C14H13N11O. The minimum atomic E-state index is -0.450. The van der Waals surface area contributed by atoms with Crippen LogP contribution < -0.4 is 10.6 Å². The molecule has 2 N–H and O–H groups in total. The highest BCUT2D eigenvalue weighted by atomic mass is 16.2. The molecular weight excluding hydrogens is 338 g/mol. The number of hydrogen-bond acceptors (Lipinski definition) is 8. The van der Waals surface area contributed by atoms with E-state index in [2.05, 4.69) is 45.8 Å². The van der Waals surface area contributed by atoms with E-state index in [1.165, 1.54) is 28.0 Å². The third-order valence-electron chi connectivity index (χ3n) is 3.47. The molecule has 4 aromatic heterocycles. The summed E-state index contributed by atoms with van der Waals surface area (Å²) in [7, 11) is 0. The Balaban J connectivity index is 1.50. The predicted octanol–water partition coefficient (Wildman–Crippen LogP) is 0.378. The van der Waals surface area contributed by atoms with Gasteiger partial charge in [0.05, 0.1) is 6.04 Å². The summed E-state index contributed by atoms with van der Waals surface area (Å²) in [5.41, 5.74) is 0. The molecule has 0 saturated carbocycles. The van der Waals surface area contributed by atoms with Gasteiger partial charge in [-0.2, -0.15) is 24.4 Å². The van der Waals surface area contributed by atoms with Crippen molar-refractivity contribution in [2.24, 2.45) is 0 Å². The van der Waals surface area contributed by atoms with Crippen molar-refractivity contribution >= 4 is 17.6 Å². The maximum absolute atomic E-state index is 12.3. The fourth-order valence-corrected chi connectivity index (χ4v) is 2.35. The number of rotatable bonds is 4. The third kappa shape index (κ3) is 2.90. The van der Waals surface area contributed by atoms with Crippen molar-refractivity contribution in [2.45, 2.75) is 13.0 Å². The van der Waals surface area contributed by atoms with Crippen LogP contribution in [0.1, 0.15) is 18.8 Å². The molecule has 0 bridgehead atoms. The first-order valence-electron chi connectivity index (χ1n) is 7.62. The van der Waals surface area contributed by atoms with Crippen molar-refractivity contribution < 1.29 is 4.79 Å². The van der Waals surface area contributed by atoms with Crippen LogP contribution in [0.25, 0.3) is 11.7 Å². The van der Waals surface area contributed by atoms with Gasteiger partial charge < -0.3 is 5.32 Å². The molecule has 0 aromatic carbocycles. The van der Waals surface area contributed by atoms with Crippen LogP contribution in [-0.4, -0.2) is 50.3 Å². The smallest absolute Gasteiger partial charge is 0.320 e. The fraction of sp³-hybridized carbons (Fsp3) is 0.143. The van der Waals surface area contributed by atoms with Gasteiger partial charge in [-0.3, -0.25) is 5.32 Å². The number of aromatic nitrogens is 9. The Morgan fingerprint density at radius 3 is 2.69 bits per heavy atom. The van der Waals surface area contributed by atoms with E-state index < -0.39 is 12.1 Å². The molecule has 0 unspecified atom stereocenters. The number of carbonyl (C=O) groups excluding carboxylic acids is 1. The molecule has 2 amide bonds. The van der Waals surface area contributed by atoms with Gasteiger partial charge in [-0.15, -0.1) is 0 Å². The summed E-state index contributed by atoms with van der Waals surface area (Å²) >= 11 is 0. The van der Waals surface area contributed by atoms with Crippen molar-refractivity contribution in [3.8, 4) is 5.95 Å². The molecule has 4 aromatic rings. The lowest BCUT2D eigenvalue weighted by molar-refractivity contribution is 0.248. The van der Waals surface area contributed by atoms with Crippen LogP contribution in [0.5, 0.6) is 0 Å². The van der Waals surface area contributed by atoms with E-state index in [9.17, 15) is 4.79 Å². The lowest BCUT2D eigenvalue weighted by Crippen LogP contribution is -2.33. The molecule has 4 rings (SSSR count). The molecule has 0 saturated heterocycles. The SMILES string of the molecule is C[C@H](NC(=O)Nc1ccnc2ncnn12)c1ncnn1-c1ncccn1. The summed E-state index contributed by atoms with van der Waals surface area (Å²) in [5, 5.41) is 13.6. The molecule has 0 aliphatic carbocycles. The van der Waals surface area contributed by atoms with Gasteiger partial charge in [-0.25, -0.2) is 24.7 Å². The predicted molar refractivity (Wildman–Crippen MR) is 88.3 cm³/mol. The number of amides is 2. The first kappa shape index (κ1) is 15.6. The molecule has 4 heterocycles. The Morgan fingerprint density at radius 1 is 1.04 bits per heavy atom. The van der Waals surface area contributed by atoms with Crippen molar-refractivity contribution in [1.29, 1.82) is 0 Å². The number of carbonyl (C=O) groups is 1. The van der Waals surface area contributed by atoms with E-state index in [0.717, 1.165) is 0 Å². The number of nitrogens with zero attached hydrogens (tertiary/aromatic N) is 9.